The van der Waals surface area contributed by atoms with Crippen LogP contribution in [-0.4, -0.2) is 61.2 Å². The normalized spacial score (nSPS) is 14.7. The lowest BCUT2D eigenvalue weighted by Crippen LogP contribution is -2.50. The second kappa shape index (κ2) is 9.12. The van der Waals surface area contributed by atoms with Gasteiger partial charge in [-0.25, -0.2) is 14.0 Å². The van der Waals surface area contributed by atoms with E-state index in [-0.39, 0.29) is 6.09 Å². The number of hydrogen-bond acceptors (Lipinski definition) is 4. The minimum absolute atomic E-state index is 0.302. The number of rotatable bonds is 4. The summed E-state index contributed by atoms with van der Waals surface area (Å²) in [6.07, 6.45) is -0.356. The topological polar surface area (TPSA) is 73.9 Å². The minimum atomic E-state index is -0.542. The molecule has 7 nitrogen and oxygen atoms in total. The number of anilines is 2. The summed E-state index contributed by atoms with van der Waals surface area (Å²) < 4.78 is 19.8. The molecule has 3 amide bonds. The second-order valence-corrected chi connectivity index (χ2v) is 7.57. The minimum Gasteiger partial charge on any atom is -0.444 e. The molecule has 0 atom stereocenters. The van der Waals surface area contributed by atoms with Crippen molar-refractivity contribution in [2.45, 2.75) is 26.4 Å². The fourth-order valence-electron chi connectivity index (χ4n) is 2.63. The second-order valence-electron chi connectivity index (χ2n) is 7.19. The lowest BCUT2D eigenvalue weighted by atomic mass is 10.2. The summed E-state index contributed by atoms with van der Waals surface area (Å²) >= 11 is 5.50. The fourth-order valence-corrected chi connectivity index (χ4v) is 2.73. The van der Waals surface area contributed by atoms with E-state index in [0.29, 0.717) is 50.0 Å². The number of amides is 3. The third-order valence-corrected chi connectivity index (χ3v) is 4.05. The average molecular weight is 401 g/mol. The molecule has 0 aromatic heterocycles. The van der Waals surface area contributed by atoms with E-state index in [1.807, 2.05) is 25.7 Å². The van der Waals surface area contributed by atoms with Crippen LogP contribution in [0.4, 0.5) is 25.4 Å². The van der Waals surface area contributed by atoms with E-state index in [1.54, 1.807) is 17.0 Å². The van der Waals surface area contributed by atoms with E-state index in [4.69, 9.17) is 16.3 Å². The Balaban J connectivity index is 1.92. The zero-order valence-electron chi connectivity index (χ0n) is 15.8. The number of carbonyl (C=O) groups is 2. The number of carbonyl (C=O) groups excluding carboxylic acids is 2. The monoisotopic (exact) mass is 400 g/mol. The maximum atomic E-state index is 14.5. The van der Waals surface area contributed by atoms with Crippen molar-refractivity contribution >= 4 is 35.1 Å². The molecule has 1 heterocycles. The van der Waals surface area contributed by atoms with E-state index in [2.05, 4.69) is 10.6 Å². The largest absolute Gasteiger partial charge is 0.444 e. The van der Waals surface area contributed by atoms with Crippen LogP contribution < -0.4 is 15.5 Å². The first-order valence-corrected chi connectivity index (χ1v) is 9.36. The quantitative estimate of drug-likeness (QED) is 0.761. The van der Waals surface area contributed by atoms with Crippen LogP contribution >= 0.6 is 11.6 Å². The zero-order valence-corrected chi connectivity index (χ0v) is 16.6. The molecule has 1 saturated heterocycles. The molecule has 1 aliphatic heterocycles. The molecule has 27 heavy (non-hydrogen) atoms. The van der Waals surface area contributed by atoms with Crippen LogP contribution in [-0.2, 0) is 4.74 Å². The van der Waals surface area contributed by atoms with Gasteiger partial charge in [0, 0.05) is 44.3 Å². The van der Waals surface area contributed by atoms with Gasteiger partial charge in [0.1, 0.15) is 11.4 Å². The SMILES string of the molecule is CC(C)(C)OC(=O)N1CCN(c2ccc(NC(=O)NCCCl)cc2F)CC1. The van der Waals surface area contributed by atoms with Gasteiger partial charge in [-0.2, -0.15) is 0 Å². The van der Waals surface area contributed by atoms with E-state index >= 15 is 0 Å². The molecule has 0 spiro atoms. The Kier molecular flexibility index (Phi) is 7.12. The van der Waals surface area contributed by atoms with Gasteiger partial charge in [-0.05, 0) is 39.0 Å². The number of nitrogens with zero attached hydrogens (tertiary/aromatic N) is 2. The summed E-state index contributed by atoms with van der Waals surface area (Å²) in [5.41, 5.74) is 0.250. The van der Waals surface area contributed by atoms with Gasteiger partial charge in [-0.15, -0.1) is 11.6 Å². The summed E-state index contributed by atoms with van der Waals surface area (Å²) in [6, 6.07) is 4.10. The van der Waals surface area contributed by atoms with Crippen LogP contribution in [0.25, 0.3) is 0 Å². The highest BCUT2D eigenvalue weighted by Crippen LogP contribution is 2.24. The third kappa shape index (κ3) is 6.46. The first-order chi connectivity index (χ1) is 12.7. The van der Waals surface area contributed by atoms with Crippen molar-refractivity contribution in [1.29, 1.82) is 0 Å². The van der Waals surface area contributed by atoms with E-state index in [1.165, 1.54) is 6.07 Å². The van der Waals surface area contributed by atoms with Crippen molar-refractivity contribution in [3.8, 4) is 0 Å². The van der Waals surface area contributed by atoms with Gasteiger partial charge in [0.2, 0.25) is 0 Å². The molecule has 0 bridgehead atoms. The standard InChI is InChI=1S/C18H26ClFN4O3/c1-18(2,3)27-17(26)24-10-8-23(9-11-24)15-5-4-13(12-14(15)20)22-16(25)21-7-6-19/h4-5,12H,6-11H2,1-3H3,(H2,21,22,25). The van der Waals surface area contributed by atoms with Gasteiger partial charge < -0.3 is 25.2 Å². The molecule has 0 unspecified atom stereocenters. The Morgan fingerprint density at radius 1 is 1.22 bits per heavy atom. The van der Waals surface area contributed by atoms with Crippen molar-refractivity contribution in [3.63, 3.8) is 0 Å². The number of urea groups is 1. The summed E-state index contributed by atoms with van der Waals surface area (Å²) in [4.78, 5) is 27.2. The molecule has 0 saturated carbocycles. The van der Waals surface area contributed by atoms with Crippen LogP contribution in [0.1, 0.15) is 20.8 Å². The van der Waals surface area contributed by atoms with Gasteiger partial charge in [0.15, 0.2) is 0 Å². The lowest BCUT2D eigenvalue weighted by molar-refractivity contribution is 0.0240. The van der Waals surface area contributed by atoms with Crippen molar-refractivity contribution < 1.29 is 18.7 Å². The van der Waals surface area contributed by atoms with Gasteiger partial charge in [0.25, 0.3) is 0 Å². The van der Waals surface area contributed by atoms with Crippen molar-refractivity contribution in [3.05, 3.63) is 24.0 Å². The molecule has 1 aromatic carbocycles. The van der Waals surface area contributed by atoms with E-state index < -0.39 is 17.4 Å². The maximum Gasteiger partial charge on any atom is 0.410 e. The number of alkyl halides is 1. The van der Waals surface area contributed by atoms with Crippen molar-refractivity contribution in [2.75, 3.05) is 48.8 Å². The van der Waals surface area contributed by atoms with Gasteiger partial charge in [-0.3, -0.25) is 0 Å². The van der Waals surface area contributed by atoms with Crippen LogP contribution in [0, 0.1) is 5.82 Å². The van der Waals surface area contributed by atoms with E-state index in [9.17, 15) is 14.0 Å². The first kappa shape index (κ1) is 21.1. The number of halogens is 2. The van der Waals surface area contributed by atoms with Gasteiger partial charge in [-0.1, -0.05) is 0 Å². The Labute approximate surface area is 163 Å². The molecule has 1 aromatic rings. The number of benzene rings is 1. The number of ether oxygens (including phenoxy) is 1. The summed E-state index contributed by atoms with van der Waals surface area (Å²) in [5, 5.41) is 5.10. The lowest BCUT2D eigenvalue weighted by Gasteiger charge is -2.36. The molecule has 9 heteroatoms. The number of piperazine rings is 1. The van der Waals surface area contributed by atoms with Crippen molar-refractivity contribution in [1.82, 2.24) is 10.2 Å². The molecular weight excluding hydrogens is 375 g/mol. The van der Waals surface area contributed by atoms with Crippen LogP contribution in [0.15, 0.2) is 18.2 Å². The van der Waals surface area contributed by atoms with E-state index in [0.717, 1.165) is 0 Å². The summed E-state index contributed by atoms with van der Waals surface area (Å²) in [6.45, 7) is 7.70. The Morgan fingerprint density at radius 2 is 1.89 bits per heavy atom. The highest BCUT2D eigenvalue weighted by Gasteiger charge is 2.26. The molecule has 0 aliphatic carbocycles. The first-order valence-electron chi connectivity index (χ1n) is 8.83. The zero-order chi connectivity index (χ0) is 20.0. The molecule has 1 aliphatic rings. The third-order valence-electron chi connectivity index (χ3n) is 3.86. The van der Waals surface area contributed by atoms with Gasteiger partial charge in [0.05, 0.1) is 5.69 Å². The van der Waals surface area contributed by atoms with Gasteiger partial charge >= 0.3 is 12.1 Å². The molecule has 2 rings (SSSR count). The van der Waals surface area contributed by atoms with Crippen LogP contribution in [0.5, 0.6) is 0 Å². The molecule has 1 fully saturated rings. The van der Waals surface area contributed by atoms with Crippen LogP contribution in [0.2, 0.25) is 0 Å². The maximum absolute atomic E-state index is 14.5. The highest BCUT2D eigenvalue weighted by molar-refractivity contribution is 6.18. The Morgan fingerprint density at radius 3 is 2.44 bits per heavy atom. The molecule has 2 N–H and O–H groups in total. The number of hydrogen-bond donors (Lipinski definition) is 2. The highest BCUT2D eigenvalue weighted by atomic mass is 35.5. The molecular formula is C18H26ClFN4O3. The predicted molar refractivity (Wildman–Crippen MR) is 104 cm³/mol. The smallest absolute Gasteiger partial charge is 0.410 e. The Hall–Kier alpha value is -2.22. The number of nitrogens with one attached hydrogen (secondary N) is 2. The summed E-state index contributed by atoms with van der Waals surface area (Å²) in [5.74, 6) is -0.133. The average Bonchev–Trinajstić information content (AvgIpc) is 2.59. The molecule has 150 valence electrons. The predicted octanol–water partition coefficient (Wildman–Crippen LogP) is 3.24. The fraction of sp³-hybridized carbons (Fsp3) is 0.556. The Bertz CT molecular complexity index is 673. The van der Waals surface area contributed by atoms with Crippen LogP contribution in [0.3, 0.4) is 0 Å². The summed E-state index contributed by atoms with van der Waals surface area (Å²) in [7, 11) is 0. The van der Waals surface area contributed by atoms with Crippen molar-refractivity contribution in [2.24, 2.45) is 0 Å². The molecule has 0 radical (unpaired) electrons.